The highest BCUT2D eigenvalue weighted by molar-refractivity contribution is 5.97. The number of carbonyl (C=O) groups is 1. The van der Waals surface area contributed by atoms with E-state index in [0.717, 1.165) is 17.6 Å². The van der Waals surface area contributed by atoms with Crippen molar-refractivity contribution in [3.05, 3.63) is 106 Å². The zero-order chi connectivity index (χ0) is 26.9. The average molecular weight is 526 g/mol. The molecule has 1 saturated heterocycles. The van der Waals surface area contributed by atoms with Crippen LogP contribution in [-0.2, 0) is 19.3 Å². The number of ketones is 1. The second kappa shape index (κ2) is 10.6. The molecule has 0 bridgehead atoms. The number of halogens is 4. The van der Waals surface area contributed by atoms with E-state index in [9.17, 15) is 27.2 Å². The molecule has 0 atom stereocenters. The van der Waals surface area contributed by atoms with Gasteiger partial charge in [0, 0.05) is 24.6 Å². The molecule has 1 aliphatic rings. The lowest BCUT2D eigenvalue weighted by Gasteiger charge is -2.31. The maximum absolute atomic E-state index is 13.4. The predicted octanol–water partition coefficient (Wildman–Crippen LogP) is 5.60. The fourth-order valence-electron chi connectivity index (χ4n) is 5.18. The lowest BCUT2D eigenvalue weighted by molar-refractivity contribution is -0.137. The van der Waals surface area contributed by atoms with E-state index in [0.29, 0.717) is 55.7 Å². The molecule has 0 amide bonds. The molecular weight excluding hydrogens is 498 g/mol. The van der Waals surface area contributed by atoms with Gasteiger partial charge in [-0.2, -0.15) is 13.2 Å². The number of hydrogen-bond donors (Lipinski definition) is 0. The third-order valence-corrected chi connectivity index (χ3v) is 7.25. The number of benzene rings is 3. The van der Waals surface area contributed by atoms with E-state index in [4.69, 9.17) is 0 Å². The Morgan fingerprint density at radius 3 is 2.16 bits per heavy atom. The summed E-state index contributed by atoms with van der Waals surface area (Å²) in [5.74, 6) is -0.463. The normalized spacial score (nSPS) is 15.3. The Hall–Kier alpha value is -3.72. The van der Waals surface area contributed by atoms with Crippen LogP contribution in [-0.4, -0.2) is 39.5 Å². The molecule has 0 N–H and O–H groups in total. The number of rotatable bonds is 7. The quantitative estimate of drug-likeness (QED) is 0.233. The van der Waals surface area contributed by atoms with Gasteiger partial charge < -0.3 is 4.90 Å². The first-order valence-electron chi connectivity index (χ1n) is 12.6. The predicted molar refractivity (Wildman–Crippen MR) is 137 cm³/mol. The number of hydrogen-bond acceptors (Lipinski definition) is 3. The summed E-state index contributed by atoms with van der Waals surface area (Å²) in [6.07, 6.45) is -3.09. The summed E-state index contributed by atoms with van der Waals surface area (Å²) >= 11 is 0. The smallest absolute Gasteiger partial charge is 0.302 e. The molecule has 0 unspecified atom stereocenters. The first-order chi connectivity index (χ1) is 18.2. The number of nitrogens with zero attached hydrogens (tertiary/aromatic N) is 3. The Morgan fingerprint density at radius 2 is 1.50 bits per heavy atom. The Bertz CT molecular complexity index is 1500. The van der Waals surface area contributed by atoms with E-state index in [2.05, 4.69) is 4.90 Å². The minimum Gasteiger partial charge on any atom is -0.302 e. The van der Waals surface area contributed by atoms with Gasteiger partial charge in [-0.15, -0.1) is 0 Å². The molecule has 5 nitrogen and oxygen atoms in total. The summed E-state index contributed by atoms with van der Waals surface area (Å²) in [5, 5.41) is 0. The Kier molecular flexibility index (Phi) is 7.21. The molecule has 0 saturated carbocycles. The number of fused-ring (bicyclic) bond motifs is 1. The van der Waals surface area contributed by atoms with Gasteiger partial charge in [0.2, 0.25) is 0 Å². The number of aromatic nitrogens is 2. The molecule has 0 radical (unpaired) electrons. The average Bonchev–Trinajstić information content (AvgIpc) is 3.18. The second-order valence-electron chi connectivity index (χ2n) is 9.69. The van der Waals surface area contributed by atoms with Crippen molar-refractivity contribution in [2.24, 2.45) is 5.92 Å². The highest BCUT2D eigenvalue weighted by atomic mass is 19.4. The van der Waals surface area contributed by atoms with Gasteiger partial charge in [0.15, 0.2) is 5.78 Å². The Morgan fingerprint density at radius 1 is 0.842 bits per heavy atom. The summed E-state index contributed by atoms with van der Waals surface area (Å²) in [6, 6.07) is 17.9. The van der Waals surface area contributed by atoms with Gasteiger partial charge in [0.25, 0.3) is 0 Å². The maximum atomic E-state index is 13.4. The van der Waals surface area contributed by atoms with E-state index in [1.807, 2.05) is 12.1 Å². The van der Waals surface area contributed by atoms with E-state index in [1.165, 1.54) is 34.9 Å². The van der Waals surface area contributed by atoms with Crippen molar-refractivity contribution in [3.63, 3.8) is 0 Å². The third kappa shape index (κ3) is 5.43. The van der Waals surface area contributed by atoms with Gasteiger partial charge >= 0.3 is 11.9 Å². The third-order valence-electron chi connectivity index (χ3n) is 7.25. The molecule has 9 heteroatoms. The zero-order valence-electron chi connectivity index (χ0n) is 20.6. The highest BCUT2D eigenvalue weighted by Gasteiger charge is 2.30. The van der Waals surface area contributed by atoms with Gasteiger partial charge in [-0.05, 0) is 80.0 Å². The summed E-state index contributed by atoms with van der Waals surface area (Å²) in [5.41, 5.74) is 1.30. The van der Waals surface area contributed by atoms with Crippen molar-refractivity contribution >= 4 is 16.8 Å². The van der Waals surface area contributed by atoms with Gasteiger partial charge in [0.1, 0.15) is 5.82 Å². The number of imidazole rings is 1. The molecule has 1 fully saturated rings. The first kappa shape index (κ1) is 25.9. The number of para-hydroxylation sites is 2. The van der Waals surface area contributed by atoms with Crippen LogP contribution in [0.1, 0.15) is 34.3 Å². The standard InChI is InChI=1S/C29H27F4N3O2/c30-24-10-8-21(9-11-24)27(37)22-12-14-34(15-13-22)16-17-35-25-6-1-2-7-26(25)36(28(35)38)19-20-4-3-5-23(18-20)29(31,32)33/h1-11,18,22H,12-17,19H2. The van der Waals surface area contributed by atoms with Crippen molar-refractivity contribution in [2.75, 3.05) is 19.6 Å². The molecule has 4 aromatic rings. The van der Waals surface area contributed by atoms with Crippen LogP contribution in [0, 0.1) is 11.7 Å². The molecule has 0 aliphatic carbocycles. The molecule has 3 aromatic carbocycles. The molecule has 0 spiro atoms. The lowest BCUT2D eigenvalue weighted by Crippen LogP contribution is -2.39. The second-order valence-corrected chi connectivity index (χ2v) is 9.69. The number of alkyl halides is 3. The van der Waals surface area contributed by atoms with Crippen LogP contribution in [0.4, 0.5) is 17.6 Å². The molecule has 5 rings (SSSR count). The molecule has 38 heavy (non-hydrogen) atoms. The van der Waals surface area contributed by atoms with Crippen molar-refractivity contribution < 1.29 is 22.4 Å². The summed E-state index contributed by atoms with van der Waals surface area (Å²) in [6.45, 7) is 2.47. The number of carbonyl (C=O) groups excluding carboxylic acids is 1. The first-order valence-corrected chi connectivity index (χ1v) is 12.6. The van der Waals surface area contributed by atoms with Crippen LogP contribution < -0.4 is 5.69 Å². The van der Waals surface area contributed by atoms with E-state index >= 15 is 0 Å². The Balaban J connectivity index is 1.28. The lowest BCUT2D eigenvalue weighted by atomic mass is 9.89. The maximum Gasteiger partial charge on any atom is 0.416 e. The van der Waals surface area contributed by atoms with Gasteiger partial charge in [-0.3, -0.25) is 13.9 Å². The molecule has 1 aliphatic heterocycles. The molecule has 1 aromatic heterocycles. The van der Waals surface area contributed by atoms with Crippen LogP contribution in [0.15, 0.2) is 77.6 Å². The Labute approximate surface area is 216 Å². The van der Waals surface area contributed by atoms with Gasteiger partial charge in [-0.1, -0.05) is 24.3 Å². The number of Topliss-reactive ketones (excluding diaryl/α,β-unsaturated/α-hetero) is 1. The van der Waals surface area contributed by atoms with Crippen molar-refractivity contribution in [1.82, 2.24) is 14.0 Å². The zero-order valence-corrected chi connectivity index (χ0v) is 20.6. The van der Waals surface area contributed by atoms with Crippen LogP contribution >= 0.6 is 0 Å². The molecular formula is C29H27F4N3O2. The van der Waals surface area contributed by atoms with E-state index in [-0.39, 0.29) is 29.8 Å². The minimum absolute atomic E-state index is 0.0264. The fraction of sp³-hybridized carbons (Fsp3) is 0.310. The van der Waals surface area contributed by atoms with E-state index < -0.39 is 11.7 Å². The topological polar surface area (TPSA) is 47.2 Å². The summed E-state index contributed by atoms with van der Waals surface area (Å²) in [7, 11) is 0. The summed E-state index contributed by atoms with van der Waals surface area (Å²) < 4.78 is 55.9. The highest BCUT2D eigenvalue weighted by Crippen LogP contribution is 2.30. The molecule has 198 valence electrons. The van der Waals surface area contributed by atoms with Crippen molar-refractivity contribution in [3.8, 4) is 0 Å². The summed E-state index contributed by atoms with van der Waals surface area (Å²) in [4.78, 5) is 28.4. The molecule has 2 heterocycles. The fourth-order valence-corrected chi connectivity index (χ4v) is 5.18. The van der Waals surface area contributed by atoms with Crippen molar-refractivity contribution in [1.29, 1.82) is 0 Å². The largest absolute Gasteiger partial charge is 0.416 e. The number of piperidine rings is 1. The van der Waals surface area contributed by atoms with Gasteiger partial charge in [0.05, 0.1) is 23.1 Å². The van der Waals surface area contributed by atoms with Crippen LogP contribution in [0.2, 0.25) is 0 Å². The minimum atomic E-state index is -4.45. The number of likely N-dealkylation sites (tertiary alicyclic amines) is 1. The van der Waals surface area contributed by atoms with Crippen molar-refractivity contribution in [2.45, 2.75) is 32.1 Å². The van der Waals surface area contributed by atoms with Crippen LogP contribution in [0.25, 0.3) is 11.0 Å². The van der Waals surface area contributed by atoms with Gasteiger partial charge in [-0.25, -0.2) is 9.18 Å². The van der Waals surface area contributed by atoms with Crippen LogP contribution in [0.5, 0.6) is 0 Å². The SMILES string of the molecule is O=C(c1ccc(F)cc1)C1CCN(CCn2c(=O)n(Cc3cccc(C(F)(F)F)c3)c3ccccc32)CC1. The van der Waals surface area contributed by atoms with Crippen LogP contribution in [0.3, 0.4) is 0 Å². The monoisotopic (exact) mass is 525 g/mol. The van der Waals surface area contributed by atoms with E-state index in [1.54, 1.807) is 22.8 Å².